The predicted molar refractivity (Wildman–Crippen MR) is 453 cm³/mol. The minimum absolute atomic E-state index is 0.0224. The highest BCUT2D eigenvalue weighted by Crippen LogP contribution is 2.46. The maximum Gasteiger partial charge on any atom is 0.173 e. The number of hydrogen-bond donors (Lipinski definition) is 0. The highest BCUT2D eigenvalue weighted by molar-refractivity contribution is 7.29. The molecule has 8 aromatic heterocycles. The zero-order chi connectivity index (χ0) is 67.2. The molecule has 0 spiro atoms. The van der Waals surface area contributed by atoms with E-state index >= 15 is 0 Å². The average molecular weight is 1510 g/mol. The lowest BCUT2D eigenvalue weighted by atomic mass is 10.1. The first-order valence-corrected chi connectivity index (χ1v) is 59.1. The molecule has 0 aliphatic rings. The molecule has 8 heterocycles. The smallest absolute Gasteiger partial charge is 0.173 e. The van der Waals surface area contributed by atoms with Crippen LogP contribution in [0.25, 0.3) is 58.5 Å². The summed E-state index contributed by atoms with van der Waals surface area (Å²) >= 11 is 15.8. The molecule has 0 saturated carbocycles. The first-order chi connectivity index (χ1) is 45.9. The van der Waals surface area contributed by atoms with E-state index in [1.165, 1.54) is 310 Å². The van der Waals surface area contributed by atoms with E-state index in [-0.39, 0.29) is 9.52 Å². The van der Waals surface area contributed by atoms with Gasteiger partial charge >= 0.3 is 0 Å². The van der Waals surface area contributed by atoms with E-state index in [4.69, 9.17) is 8.23 Å². The third-order valence-electron chi connectivity index (χ3n) is 19.1. The molecule has 0 saturated heterocycles. The molecule has 15 heteroatoms. The van der Waals surface area contributed by atoms with Gasteiger partial charge in [0.2, 0.25) is 0 Å². The van der Waals surface area contributed by atoms with Crippen molar-refractivity contribution in [3.8, 4) is 58.5 Å². The highest BCUT2D eigenvalue weighted by Gasteiger charge is 2.34. The number of thiophene rings is 8. The topological polar surface area (TPSA) is 18.5 Å². The molecule has 0 radical (unpaired) electrons. The number of aryl methyl sites for hydroxylation is 4. The largest absolute Gasteiger partial charge is 0.455 e. The van der Waals surface area contributed by atoms with Gasteiger partial charge in [-0.05, 0) is 225 Å². The van der Waals surface area contributed by atoms with Crippen LogP contribution in [0.4, 0.5) is 0 Å². The molecular weight excluding hydrogens is 1390 g/mol. The van der Waals surface area contributed by atoms with Gasteiger partial charge in [-0.25, -0.2) is 0 Å². The zero-order valence-electron chi connectivity index (χ0n) is 60.9. The Kier molecular flexibility index (Phi) is 35.3. The van der Waals surface area contributed by atoms with Crippen LogP contribution in [0, 0.1) is 0 Å². The lowest BCUT2D eigenvalue weighted by Gasteiger charge is -2.34. The Balaban J connectivity index is 0.566. The maximum absolute atomic E-state index is 7.13. The van der Waals surface area contributed by atoms with E-state index in [0.29, 0.717) is 0 Å². The van der Waals surface area contributed by atoms with Gasteiger partial charge in [-0.2, -0.15) is 0 Å². The summed E-state index contributed by atoms with van der Waals surface area (Å²) in [6.45, 7) is 24.8. The molecule has 0 aliphatic carbocycles. The zero-order valence-corrected chi connectivity index (χ0v) is 72.8. The first-order valence-electron chi connectivity index (χ1n) is 38.1. The standard InChI is InChI=1S/C80H124O2S8Si5/c1-11-13-15-31-39-65-43-47-69(83-65)73-51-55-77(87-73)79-57-53-75(89-79)71-49-45-67(85-71)41-33-27-23-19-17-21-25-29-35-61-92(3,4)81-94(7,8)63-37-59-91-60-38-64-95(9,10)82-93(5,6)62-36-30-26-22-18-20-24-28-34-42-68-46-50-72(86-68)76-54-58-80(90-76)78-56-52-74(88-78)70-48-44-66(84-70)40-32-16-14-12-2/h43-58H,11-42,59-64,91H2,1-10H3. The third kappa shape index (κ3) is 29.5. The molecule has 0 unspecified atom stereocenters. The van der Waals surface area contributed by atoms with Crippen molar-refractivity contribution in [1.29, 1.82) is 0 Å². The molecular formula is C80H124O2S8Si5. The van der Waals surface area contributed by atoms with Crippen LogP contribution in [0.1, 0.15) is 213 Å². The van der Waals surface area contributed by atoms with Crippen molar-refractivity contribution in [1.82, 2.24) is 0 Å². The van der Waals surface area contributed by atoms with Crippen molar-refractivity contribution in [2.75, 3.05) is 0 Å². The SMILES string of the molecule is CCCCCCc1ccc(-c2ccc(-c3ccc(-c4ccc(CCCCCCCCCCC[Si](C)(C)O[Si](C)(C)CCC[SiH2]CCC[Si](C)(C)O[Si](C)(C)CCCCCCCCCCCc5ccc(-c6ccc(-c7ccc(-c8ccc(CCCCCC)s8)s7)s6)s5)s4)s3)s2)s1. The molecule has 0 amide bonds. The van der Waals surface area contributed by atoms with Crippen LogP contribution in [0.15, 0.2) is 97.1 Å². The van der Waals surface area contributed by atoms with Crippen molar-refractivity contribution < 1.29 is 8.23 Å². The second-order valence-electron chi connectivity index (χ2n) is 30.2. The number of rotatable bonds is 52. The molecule has 0 N–H and O–H groups in total. The van der Waals surface area contributed by atoms with Crippen molar-refractivity contribution in [2.24, 2.45) is 0 Å². The van der Waals surface area contributed by atoms with Gasteiger partial charge in [0.05, 0.1) is 0 Å². The van der Waals surface area contributed by atoms with Crippen LogP contribution < -0.4 is 0 Å². The fourth-order valence-electron chi connectivity index (χ4n) is 13.9. The van der Waals surface area contributed by atoms with Crippen molar-refractivity contribution in [3.63, 3.8) is 0 Å². The molecule has 0 bridgehead atoms. The van der Waals surface area contributed by atoms with E-state index in [9.17, 15) is 0 Å². The summed E-state index contributed by atoms with van der Waals surface area (Å²) in [6.07, 6.45) is 43.3. The van der Waals surface area contributed by atoms with Gasteiger partial charge in [-0.1, -0.05) is 180 Å². The van der Waals surface area contributed by atoms with Crippen LogP contribution in [0.5, 0.6) is 0 Å². The Morgan fingerprint density at radius 3 is 0.663 bits per heavy atom. The molecule has 524 valence electrons. The van der Waals surface area contributed by atoms with Crippen molar-refractivity contribution >= 4 is 133 Å². The summed E-state index contributed by atoms with van der Waals surface area (Å²) in [4.78, 5) is 23.2. The van der Waals surface area contributed by atoms with E-state index in [1.807, 2.05) is 90.7 Å². The Morgan fingerprint density at radius 2 is 0.421 bits per heavy atom. The Labute approximate surface area is 618 Å². The van der Waals surface area contributed by atoms with Gasteiger partial charge in [0, 0.05) is 87.6 Å². The van der Waals surface area contributed by atoms with Crippen LogP contribution in [-0.4, -0.2) is 42.8 Å². The quantitative estimate of drug-likeness (QED) is 0.0279. The van der Waals surface area contributed by atoms with Gasteiger partial charge in [0.1, 0.15) is 0 Å². The predicted octanol–water partition coefficient (Wildman–Crippen LogP) is 30.9. The summed E-state index contributed by atoms with van der Waals surface area (Å²) in [7, 11) is -6.39. The fraction of sp³-hybridized carbons (Fsp3) is 0.600. The third-order valence-corrected chi connectivity index (χ3v) is 46.3. The summed E-state index contributed by atoms with van der Waals surface area (Å²) in [5.41, 5.74) is 0. The average Bonchev–Trinajstić information content (AvgIpc) is 1.69. The molecule has 0 aromatic carbocycles. The number of hydrogen-bond acceptors (Lipinski definition) is 10. The summed E-state index contributed by atoms with van der Waals surface area (Å²) < 4.78 is 14.3. The molecule has 0 atom stereocenters. The second-order valence-corrected chi connectivity index (χ2v) is 59.1. The van der Waals surface area contributed by atoms with Gasteiger partial charge in [-0.15, -0.1) is 90.7 Å². The molecule has 8 rings (SSSR count). The minimum atomic E-state index is -1.60. The first kappa shape index (κ1) is 79.3. The van der Waals surface area contributed by atoms with Crippen molar-refractivity contribution in [2.45, 2.75) is 308 Å². The second kappa shape index (κ2) is 42.3. The van der Waals surface area contributed by atoms with E-state index in [2.05, 4.69) is 163 Å². The molecule has 2 nitrogen and oxygen atoms in total. The summed E-state index contributed by atoms with van der Waals surface area (Å²) in [6, 6.07) is 46.1. The van der Waals surface area contributed by atoms with E-state index in [1.54, 1.807) is 9.75 Å². The summed E-state index contributed by atoms with van der Waals surface area (Å²) in [5, 5.41) is 0. The Bertz CT molecular complexity index is 3120. The highest BCUT2D eigenvalue weighted by atomic mass is 32.1. The fourth-order valence-corrected chi connectivity index (χ4v) is 43.3. The summed E-state index contributed by atoms with van der Waals surface area (Å²) in [5.74, 6) is 0. The van der Waals surface area contributed by atoms with Gasteiger partial charge < -0.3 is 8.23 Å². The van der Waals surface area contributed by atoms with Gasteiger partial charge in [-0.3, -0.25) is 0 Å². The molecule has 0 fully saturated rings. The minimum Gasteiger partial charge on any atom is -0.455 e. The van der Waals surface area contributed by atoms with Crippen LogP contribution in [0.3, 0.4) is 0 Å². The van der Waals surface area contributed by atoms with Crippen LogP contribution in [-0.2, 0) is 33.9 Å². The molecule has 95 heavy (non-hydrogen) atoms. The Morgan fingerprint density at radius 1 is 0.232 bits per heavy atom. The molecule has 8 aromatic rings. The maximum atomic E-state index is 7.13. The van der Waals surface area contributed by atoms with E-state index < -0.39 is 33.3 Å². The van der Waals surface area contributed by atoms with Crippen LogP contribution >= 0.6 is 90.7 Å². The number of unbranched alkanes of at least 4 members (excludes halogenated alkanes) is 22. The molecule has 0 aliphatic heterocycles. The lowest BCUT2D eigenvalue weighted by molar-refractivity contribution is 0.522. The normalized spacial score (nSPS) is 12.6. The van der Waals surface area contributed by atoms with Crippen LogP contribution in [0.2, 0.25) is 88.6 Å². The van der Waals surface area contributed by atoms with E-state index in [0.717, 1.165) is 0 Å². The monoisotopic (exact) mass is 1510 g/mol. The van der Waals surface area contributed by atoms with Gasteiger partial charge in [0.15, 0.2) is 33.3 Å². The Hall–Kier alpha value is -1.40. The lowest BCUT2D eigenvalue weighted by Crippen LogP contribution is -2.44. The van der Waals surface area contributed by atoms with Crippen molar-refractivity contribution in [3.05, 3.63) is 117 Å². The van der Waals surface area contributed by atoms with Gasteiger partial charge in [0.25, 0.3) is 0 Å².